The van der Waals surface area contributed by atoms with E-state index in [0.29, 0.717) is 24.0 Å². The topological polar surface area (TPSA) is 74.7 Å². The van der Waals surface area contributed by atoms with Crippen LogP contribution in [-0.4, -0.2) is 34.2 Å². The summed E-state index contributed by atoms with van der Waals surface area (Å²) in [6.07, 6.45) is 5.06. The van der Waals surface area contributed by atoms with Gasteiger partial charge in [-0.2, -0.15) is 4.98 Å². The number of anilines is 1. The summed E-state index contributed by atoms with van der Waals surface area (Å²) >= 11 is 0. The van der Waals surface area contributed by atoms with E-state index in [9.17, 15) is 0 Å². The van der Waals surface area contributed by atoms with Gasteiger partial charge in [-0.1, -0.05) is 0 Å². The number of nitrogens with zero attached hydrogens (tertiary/aromatic N) is 3. The van der Waals surface area contributed by atoms with E-state index in [1.807, 2.05) is 6.92 Å². The summed E-state index contributed by atoms with van der Waals surface area (Å²) in [7, 11) is 1.62. The highest BCUT2D eigenvalue weighted by Crippen LogP contribution is 2.18. The van der Waals surface area contributed by atoms with Crippen molar-refractivity contribution in [3.63, 3.8) is 0 Å². The highest BCUT2D eigenvalue weighted by atomic mass is 16.5. The van der Waals surface area contributed by atoms with Crippen LogP contribution in [0.15, 0.2) is 18.6 Å². The number of nitrogens with two attached hydrogens (primary N) is 1. The Labute approximate surface area is 93.0 Å². The van der Waals surface area contributed by atoms with Crippen LogP contribution in [0.2, 0.25) is 0 Å². The second kappa shape index (κ2) is 4.36. The third kappa shape index (κ3) is 2.06. The van der Waals surface area contributed by atoms with Crippen LogP contribution in [-0.2, 0) is 4.74 Å². The van der Waals surface area contributed by atoms with Gasteiger partial charge in [-0.15, -0.1) is 0 Å². The van der Waals surface area contributed by atoms with Crippen LogP contribution in [0.25, 0.3) is 5.65 Å². The molecule has 2 aromatic heterocycles. The summed E-state index contributed by atoms with van der Waals surface area (Å²) in [6.45, 7) is 2.39. The van der Waals surface area contributed by atoms with Crippen molar-refractivity contribution < 1.29 is 9.47 Å². The van der Waals surface area contributed by atoms with Crippen LogP contribution >= 0.6 is 0 Å². The van der Waals surface area contributed by atoms with Crippen molar-refractivity contribution in [2.75, 3.05) is 19.5 Å². The molecule has 6 nitrogen and oxygen atoms in total. The number of ether oxygens (including phenoxy) is 2. The first-order valence-electron chi connectivity index (χ1n) is 4.95. The van der Waals surface area contributed by atoms with E-state index in [1.165, 1.54) is 0 Å². The Balaban J connectivity index is 2.31. The van der Waals surface area contributed by atoms with Gasteiger partial charge >= 0.3 is 0 Å². The molecule has 0 aliphatic rings. The van der Waals surface area contributed by atoms with Gasteiger partial charge in [0.15, 0.2) is 0 Å². The molecule has 0 saturated heterocycles. The molecule has 6 heteroatoms. The number of aromatic nitrogens is 3. The van der Waals surface area contributed by atoms with Crippen LogP contribution in [0.3, 0.4) is 0 Å². The minimum atomic E-state index is -0.0974. The molecular formula is C10H14N4O2. The van der Waals surface area contributed by atoms with Gasteiger partial charge in [-0.05, 0) is 6.92 Å². The lowest BCUT2D eigenvalue weighted by atomic mass is 10.4. The molecule has 0 bridgehead atoms. The maximum Gasteiger partial charge on any atom is 0.260 e. The van der Waals surface area contributed by atoms with Gasteiger partial charge in [0.25, 0.3) is 5.88 Å². The van der Waals surface area contributed by atoms with E-state index < -0.39 is 0 Å². The molecule has 0 aliphatic heterocycles. The number of hydrogen-bond acceptors (Lipinski definition) is 5. The average Bonchev–Trinajstić information content (AvgIpc) is 2.65. The van der Waals surface area contributed by atoms with Gasteiger partial charge in [0.2, 0.25) is 5.65 Å². The Morgan fingerprint density at radius 3 is 3.12 bits per heavy atom. The summed E-state index contributed by atoms with van der Waals surface area (Å²) < 4.78 is 12.4. The molecule has 0 fully saturated rings. The number of fused-ring (bicyclic) bond motifs is 1. The smallest absolute Gasteiger partial charge is 0.260 e. The van der Waals surface area contributed by atoms with Crippen molar-refractivity contribution in [3.8, 4) is 5.88 Å². The van der Waals surface area contributed by atoms with E-state index in [1.54, 1.807) is 30.1 Å². The molecule has 2 aromatic rings. The van der Waals surface area contributed by atoms with Gasteiger partial charge in [0, 0.05) is 19.5 Å². The Bertz CT molecular complexity index is 483. The number of rotatable bonds is 4. The first-order chi connectivity index (χ1) is 7.70. The molecule has 2 heterocycles. The lowest BCUT2D eigenvalue weighted by Crippen LogP contribution is -2.19. The zero-order valence-corrected chi connectivity index (χ0v) is 9.25. The molecule has 0 radical (unpaired) electrons. The summed E-state index contributed by atoms with van der Waals surface area (Å²) in [4.78, 5) is 8.26. The van der Waals surface area contributed by atoms with E-state index in [0.717, 1.165) is 0 Å². The zero-order chi connectivity index (χ0) is 11.5. The molecule has 0 saturated carbocycles. The van der Waals surface area contributed by atoms with Crippen LogP contribution in [0, 0.1) is 0 Å². The fraction of sp³-hybridized carbons (Fsp3) is 0.400. The average molecular weight is 222 g/mol. The van der Waals surface area contributed by atoms with Crippen molar-refractivity contribution in [3.05, 3.63) is 18.6 Å². The third-order valence-corrected chi connectivity index (χ3v) is 2.08. The van der Waals surface area contributed by atoms with E-state index >= 15 is 0 Å². The highest BCUT2D eigenvalue weighted by molar-refractivity contribution is 5.52. The number of nitrogen functional groups attached to an aromatic ring is 1. The van der Waals surface area contributed by atoms with Crippen molar-refractivity contribution in [1.82, 2.24) is 14.4 Å². The van der Waals surface area contributed by atoms with Gasteiger partial charge in [-0.3, -0.25) is 4.40 Å². The SMILES string of the molecule is COCC(C)Oc1nc(N)cn2ccnc12. The van der Waals surface area contributed by atoms with E-state index in [2.05, 4.69) is 9.97 Å². The number of imidazole rings is 1. The minimum absolute atomic E-state index is 0.0974. The predicted octanol–water partition coefficient (Wildman–Crippen LogP) is 0.725. The van der Waals surface area contributed by atoms with Crippen LogP contribution in [0.4, 0.5) is 5.82 Å². The number of hydrogen-bond donors (Lipinski definition) is 1. The molecule has 1 atom stereocenters. The van der Waals surface area contributed by atoms with Crippen molar-refractivity contribution >= 4 is 11.5 Å². The predicted molar refractivity (Wildman–Crippen MR) is 59.4 cm³/mol. The van der Waals surface area contributed by atoms with Crippen molar-refractivity contribution in [2.45, 2.75) is 13.0 Å². The molecule has 0 aromatic carbocycles. The minimum Gasteiger partial charge on any atom is -0.470 e. The van der Waals surface area contributed by atoms with Crippen LogP contribution in [0.1, 0.15) is 6.92 Å². The van der Waals surface area contributed by atoms with Crippen LogP contribution in [0.5, 0.6) is 5.88 Å². The molecular weight excluding hydrogens is 208 g/mol. The molecule has 2 N–H and O–H groups in total. The molecule has 2 rings (SSSR count). The lowest BCUT2D eigenvalue weighted by molar-refractivity contribution is 0.0898. The largest absolute Gasteiger partial charge is 0.470 e. The first-order valence-corrected chi connectivity index (χ1v) is 4.95. The standard InChI is InChI=1S/C10H14N4O2/c1-7(6-15-2)16-10-9-12-3-4-14(9)5-8(11)13-10/h3-5,7H,6,11H2,1-2H3. The van der Waals surface area contributed by atoms with Gasteiger partial charge in [0.05, 0.1) is 12.8 Å². The maximum absolute atomic E-state index is 5.66. The maximum atomic E-state index is 5.66. The van der Waals surface area contributed by atoms with E-state index in [4.69, 9.17) is 15.2 Å². The Hall–Kier alpha value is -1.82. The van der Waals surface area contributed by atoms with Gasteiger partial charge in [0.1, 0.15) is 11.9 Å². The fourth-order valence-electron chi connectivity index (χ4n) is 1.46. The number of methoxy groups -OCH3 is 1. The quantitative estimate of drug-likeness (QED) is 0.825. The summed E-state index contributed by atoms with van der Waals surface area (Å²) in [6, 6.07) is 0. The second-order valence-electron chi connectivity index (χ2n) is 3.51. The zero-order valence-electron chi connectivity index (χ0n) is 9.25. The molecule has 0 aliphatic carbocycles. The first kappa shape index (κ1) is 10.7. The summed E-state index contributed by atoms with van der Waals surface area (Å²) in [5.74, 6) is 0.819. The monoisotopic (exact) mass is 222 g/mol. The third-order valence-electron chi connectivity index (χ3n) is 2.08. The normalized spacial score (nSPS) is 12.9. The molecule has 86 valence electrons. The van der Waals surface area contributed by atoms with Crippen molar-refractivity contribution in [1.29, 1.82) is 0 Å². The van der Waals surface area contributed by atoms with Gasteiger partial charge < -0.3 is 15.2 Å². The van der Waals surface area contributed by atoms with Crippen LogP contribution < -0.4 is 10.5 Å². The molecule has 0 spiro atoms. The Morgan fingerprint density at radius 1 is 1.56 bits per heavy atom. The molecule has 1 unspecified atom stereocenters. The fourth-order valence-corrected chi connectivity index (χ4v) is 1.46. The highest BCUT2D eigenvalue weighted by Gasteiger charge is 2.11. The Morgan fingerprint density at radius 2 is 2.38 bits per heavy atom. The Kier molecular flexibility index (Phi) is 2.91. The molecule has 0 amide bonds. The van der Waals surface area contributed by atoms with E-state index in [-0.39, 0.29) is 6.10 Å². The second-order valence-corrected chi connectivity index (χ2v) is 3.51. The summed E-state index contributed by atoms with van der Waals surface area (Å²) in [5.41, 5.74) is 6.31. The lowest BCUT2D eigenvalue weighted by Gasteiger charge is -2.13. The van der Waals surface area contributed by atoms with Gasteiger partial charge in [-0.25, -0.2) is 4.98 Å². The molecule has 16 heavy (non-hydrogen) atoms. The van der Waals surface area contributed by atoms with Crippen molar-refractivity contribution in [2.24, 2.45) is 0 Å². The summed E-state index contributed by atoms with van der Waals surface area (Å²) in [5, 5.41) is 0.